The molecular formula is C17H23N3OS. The molecule has 0 spiro atoms. The van der Waals surface area contributed by atoms with Crippen LogP contribution in [-0.4, -0.2) is 15.5 Å². The molecule has 1 amide bonds. The number of imidazole rings is 1. The summed E-state index contributed by atoms with van der Waals surface area (Å²) >= 11 is 1.42. The summed E-state index contributed by atoms with van der Waals surface area (Å²) in [6.07, 6.45) is 1.90. The van der Waals surface area contributed by atoms with Crippen LogP contribution in [0.3, 0.4) is 0 Å². The Morgan fingerprint density at radius 2 is 1.82 bits per heavy atom. The first-order chi connectivity index (χ1) is 10.4. The average molecular weight is 317 g/mol. The van der Waals surface area contributed by atoms with Gasteiger partial charge in [0.25, 0.3) is 0 Å². The van der Waals surface area contributed by atoms with Crippen LogP contribution in [0.5, 0.6) is 0 Å². The maximum atomic E-state index is 11.9. The molecular weight excluding hydrogens is 294 g/mol. The highest BCUT2D eigenvalue weighted by Crippen LogP contribution is 2.37. The Bertz CT molecular complexity index is 635. The summed E-state index contributed by atoms with van der Waals surface area (Å²) in [6, 6.07) is 9.90. The molecule has 0 bridgehead atoms. The van der Waals surface area contributed by atoms with E-state index in [0.717, 1.165) is 10.7 Å². The van der Waals surface area contributed by atoms with Crippen LogP contribution in [-0.2, 0) is 4.79 Å². The van der Waals surface area contributed by atoms with Gasteiger partial charge in [-0.25, -0.2) is 4.98 Å². The normalized spacial score (nSPS) is 12.8. The van der Waals surface area contributed by atoms with Crippen molar-refractivity contribution in [3.05, 3.63) is 47.8 Å². The van der Waals surface area contributed by atoms with E-state index >= 15 is 0 Å². The molecule has 0 aliphatic heterocycles. The van der Waals surface area contributed by atoms with Gasteiger partial charge in [-0.2, -0.15) is 0 Å². The predicted molar refractivity (Wildman–Crippen MR) is 90.9 cm³/mol. The van der Waals surface area contributed by atoms with Crippen LogP contribution in [0.4, 0.5) is 0 Å². The summed E-state index contributed by atoms with van der Waals surface area (Å²) in [5, 5.41) is 0.410. The minimum absolute atomic E-state index is 0.284. The van der Waals surface area contributed by atoms with Gasteiger partial charge in [0.15, 0.2) is 5.16 Å². The van der Waals surface area contributed by atoms with Crippen LogP contribution < -0.4 is 5.73 Å². The fraction of sp³-hybridized carbons (Fsp3) is 0.412. The first-order valence-corrected chi connectivity index (χ1v) is 8.37. The molecule has 1 aromatic heterocycles. The van der Waals surface area contributed by atoms with Gasteiger partial charge in [-0.3, -0.25) is 4.79 Å². The molecule has 2 N–H and O–H groups in total. The van der Waals surface area contributed by atoms with Crippen LogP contribution in [0.1, 0.15) is 56.2 Å². The third-order valence-corrected chi connectivity index (χ3v) is 4.74. The molecule has 0 fully saturated rings. The van der Waals surface area contributed by atoms with E-state index in [-0.39, 0.29) is 11.9 Å². The lowest BCUT2D eigenvalue weighted by molar-refractivity contribution is -0.117. The number of rotatable bonds is 6. The Hall–Kier alpha value is -1.75. The largest absolute Gasteiger partial charge is 0.368 e. The van der Waals surface area contributed by atoms with Crippen molar-refractivity contribution in [2.24, 2.45) is 5.73 Å². The highest BCUT2D eigenvalue weighted by atomic mass is 32.2. The first kappa shape index (κ1) is 16.6. The number of carbonyl (C=O) groups excluding carboxylic acids is 1. The number of nitrogens with zero attached hydrogens (tertiary/aromatic N) is 2. The van der Waals surface area contributed by atoms with Gasteiger partial charge >= 0.3 is 0 Å². The van der Waals surface area contributed by atoms with Crippen molar-refractivity contribution in [2.75, 3.05) is 0 Å². The number of primary amides is 1. The van der Waals surface area contributed by atoms with Crippen molar-refractivity contribution in [3.63, 3.8) is 0 Å². The van der Waals surface area contributed by atoms with Crippen molar-refractivity contribution in [1.82, 2.24) is 9.55 Å². The molecule has 1 unspecified atom stereocenters. The maximum absolute atomic E-state index is 11.9. The summed E-state index contributed by atoms with van der Waals surface area (Å²) in [6.45, 7) is 8.54. The van der Waals surface area contributed by atoms with E-state index in [0.29, 0.717) is 5.92 Å². The lowest BCUT2D eigenvalue weighted by atomic mass is 10.1. The zero-order chi connectivity index (χ0) is 16.3. The van der Waals surface area contributed by atoms with Crippen LogP contribution in [0, 0.1) is 0 Å². The quantitative estimate of drug-likeness (QED) is 0.822. The van der Waals surface area contributed by atoms with E-state index in [1.54, 1.807) is 0 Å². The monoisotopic (exact) mass is 317 g/mol. The summed E-state index contributed by atoms with van der Waals surface area (Å²) in [5.74, 6) is 0.0357. The highest BCUT2D eigenvalue weighted by Gasteiger charge is 2.24. The molecule has 2 aromatic rings. The van der Waals surface area contributed by atoms with E-state index in [1.807, 2.05) is 36.5 Å². The van der Waals surface area contributed by atoms with Gasteiger partial charge in [0.1, 0.15) is 5.25 Å². The fourth-order valence-corrected chi connectivity index (χ4v) is 3.58. The Labute approximate surface area is 136 Å². The zero-order valence-electron chi connectivity index (χ0n) is 13.5. The molecule has 0 radical (unpaired) electrons. The van der Waals surface area contributed by atoms with E-state index in [4.69, 9.17) is 5.73 Å². The Morgan fingerprint density at radius 1 is 1.18 bits per heavy atom. The predicted octanol–water partition coefficient (Wildman–Crippen LogP) is 3.91. The van der Waals surface area contributed by atoms with Crippen molar-refractivity contribution in [3.8, 4) is 0 Å². The smallest absolute Gasteiger partial charge is 0.235 e. The van der Waals surface area contributed by atoms with Gasteiger partial charge in [0, 0.05) is 17.9 Å². The van der Waals surface area contributed by atoms with Crippen LogP contribution in [0.25, 0.3) is 0 Å². The molecule has 1 atom stereocenters. The molecule has 118 valence electrons. The van der Waals surface area contributed by atoms with Gasteiger partial charge in [0.2, 0.25) is 5.91 Å². The molecule has 2 rings (SSSR count). The van der Waals surface area contributed by atoms with Gasteiger partial charge in [-0.1, -0.05) is 55.9 Å². The van der Waals surface area contributed by atoms with E-state index in [1.165, 1.54) is 17.5 Å². The summed E-state index contributed by atoms with van der Waals surface area (Å²) in [5.41, 5.74) is 7.69. The molecule has 0 aliphatic carbocycles. The number of aromatic nitrogens is 2. The van der Waals surface area contributed by atoms with Crippen molar-refractivity contribution < 1.29 is 4.79 Å². The lowest BCUT2D eigenvalue weighted by Gasteiger charge is -2.19. The lowest BCUT2D eigenvalue weighted by Crippen LogP contribution is -2.20. The van der Waals surface area contributed by atoms with Gasteiger partial charge < -0.3 is 10.3 Å². The second-order valence-corrected chi connectivity index (χ2v) is 6.97. The van der Waals surface area contributed by atoms with Gasteiger partial charge in [-0.15, -0.1) is 0 Å². The minimum atomic E-state index is -0.430. The van der Waals surface area contributed by atoms with E-state index in [9.17, 15) is 4.79 Å². The number of nitrogens with two attached hydrogens (primary N) is 1. The maximum Gasteiger partial charge on any atom is 0.235 e. The summed E-state index contributed by atoms with van der Waals surface area (Å²) in [7, 11) is 0. The Balaban J connectivity index is 2.38. The average Bonchev–Trinajstić information content (AvgIpc) is 2.89. The SMILES string of the molecule is CC(C)c1cnc(SC(C(N)=O)c2ccccc2)n1C(C)C. The number of amides is 1. The molecule has 5 heteroatoms. The third kappa shape index (κ3) is 3.53. The fourth-order valence-electron chi connectivity index (χ4n) is 2.41. The van der Waals surface area contributed by atoms with Crippen molar-refractivity contribution >= 4 is 17.7 Å². The third-order valence-electron chi connectivity index (χ3n) is 3.48. The number of hydrogen-bond acceptors (Lipinski definition) is 3. The zero-order valence-corrected chi connectivity index (χ0v) is 14.3. The second kappa shape index (κ2) is 7.01. The highest BCUT2D eigenvalue weighted by molar-refractivity contribution is 8.00. The molecule has 4 nitrogen and oxygen atoms in total. The molecule has 22 heavy (non-hydrogen) atoms. The number of thioether (sulfide) groups is 1. The van der Waals surface area contributed by atoms with Crippen molar-refractivity contribution in [1.29, 1.82) is 0 Å². The van der Waals surface area contributed by atoms with E-state index in [2.05, 4.69) is 37.2 Å². The topological polar surface area (TPSA) is 60.9 Å². The standard InChI is InChI=1S/C17H23N3OS/c1-11(2)14-10-19-17(20(14)12(3)4)22-15(16(18)21)13-8-6-5-7-9-13/h5-12,15H,1-4H3,(H2,18,21). The number of benzene rings is 1. The van der Waals surface area contributed by atoms with Crippen LogP contribution in [0.15, 0.2) is 41.7 Å². The number of hydrogen-bond donors (Lipinski definition) is 1. The van der Waals surface area contributed by atoms with E-state index < -0.39 is 5.25 Å². The van der Waals surface area contributed by atoms with Crippen LogP contribution in [0.2, 0.25) is 0 Å². The molecule has 1 heterocycles. The van der Waals surface area contributed by atoms with Gasteiger partial charge in [-0.05, 0) is 25.3 Å². The number of carbonyl (C=O) groups is 1. The summed E-state index contributed by atoms with van der Waals surface area (Å²) in [4.78, 5) is 16.4. The first-order valence-electron chi connectivity index (χ1n) is 7.49. The Morgan fingerprint density at radius 3 is 2.32 bits per heavy atom. The van der Waals surface area contributed by atoms with Crippen molar-refractivity contribution in [2.45, 2.75) is 50.1 Å². The Kier molecular flexibility index (Phi) is 5.29. The molecule has 1 aromatic carbocycles. The van der Waals surface area contributed by atoms with Crippen LogP contribution >= 0.6 is 11.8 Å². The molecule has 0 aliphatic rings. The summed E-state index contributed by atoms with van der Waals surface area (Å²) < 4.78 is 2.19. The minimum Gasteiger partial charge on any atom is -0.368 e. The second-order valence-electron chi connectivity index (χ2n) is 5.90. The molecule has 0 saturated carbocycles. The van der Waals surface area contributed by atoms with Gasteiger partial charge in [0.05, 0.1) is 0 Å². The molecule has 0 saturated heterocycles.